The number of aryl methyl sites for hydroxylation is 1. The van der Waals surface area contributed by atoms with Gasteiger partial charge in [-0.2, -0.15) is 0 Å². The third kappa shape index (κ3) is 1.97. The number of fused-ring (bicyclic) bond motifs is 1. The van der Waals surface area contributed by atoms with Gasteiger partial charge in [-0.05, 0) is 42.8 Å². The molecule has 0 radical (unpaired) electrons. The van der Waals surface area contributed by atoms with Crippen molar-refractivity contribution in [3.63, 3.8) is 0 Å². The summed E-state index contributed by atoms with van der Waals surface area (Å²) in [5.74, 6) is 0.715. The molecular weight excluding hydrogens is 250 g/mol. The van der Waals surface area contributed by atoms with Gasteiger partial charge < -0.3 is 4.74 Å². The van der Waals surface area contributed by atoms with Crippen LogP contribution in [0.15, 0.2) is 54.7 Å². The zero-order chi connectivity index (χ0) is 14.1. The number of benzene rings is 2. The molecule has 3 heteroatoms. The number of carbonyl (C=O) groups excluding carboxylic acids is 1. The first-order valence-corrected chi connectivity index (χ1v) is 6.46. The Morgan fingerprint density at radius 3 is 2.45 bits per heavy atom. The van der Waals surface area contributed by atoms with Crippen LogP contribution >= 0.6 is 0 Å². The van der Waals surface area contributed by atoms with E-state index < -0.39 is 0 Å². The van der Waals surface area contributed by atoms with E-state index in [4.69, 9.17) is 4.74 Å². The van der Waals surface area contributed by atoms with Crippen molar-refractivity contribution in [1.29, 1.82) is 0 Å². The van der Waals surface area contributed by atoms with Gasteiger partial charge >= 0.3 is 0 Å². The van der Waals surface area contributed by atoms with E-state index in [9.17, 15) is 4.79 Å². The van der Waals surface area contributed by atoms with Crippen LogP contribution in [0.1, 0.15) is 15.9 Å². The molecule has 3 aromatic rings. The normalized spacial score (nSPS) is 10.7. The molecule has 0 amide bonds. The first-order valence-electron chi connectivity index (χ1n) is 6.46. The number of rotatable bonds is 2. The highest BCUT2D eigenvalue weighted by atomic mass is 16.5. The second-order valence-corrected chi connectivity index (χ2v) is 4.73. The van der Waals surface area contributed by atoms with Crippen molar-refractivity contribution >= 4 is 16.8 Å². The van der Waals surface area contributed by atoms with Crippen molar-refractivity contribution in [2.24, 2.45) is 0 Å². The molecular formula is C17H15NO2. The van der Waals surface area contributed by atoms with Gasteiger partial charge in [-0.15, -0.1) is 0 Å². The van der Waals surface area contributed by atoms with Crippen LogP contribution in [0.25, 0.3) is 10.9 Å². The molecule has 0 saturated heterocycles. The van der Waals surface area contributed by atoms with Gasteiger partial charge in [-0.3, -0.25) is 9.36 Å². The maximum absolute atomic E-state index is 12.6. The molecule has 0 saturated carbocycles. The molecule has 2 aromatic carbocycles. The summed E-state index contributed by atoms with van der Waals surface area (Å²) in [5, 5.41) is 1.11. The Labute approximate surface area is 117 Å². The lowest BCUT2D eigenvalue weighted by Gasteiger charge is -2.05. The summed E-state index contributed by atoms with van der Waals surface area (Å²) in [5.41, 5.74) is 2.68. The lowest BCUT2D eigenvalue weighted by Crippen LogP contribution is -2.10. The van der Waals surface area contributed by atoms with Crippen molar-refractivity contribution < 1.29 is 9.53 Å². The standard InChI is InChI=1S/C17H15NO2/c1-12-11-18(16-6-4-3-5-15(12)16)17(19)13-7-9-14(20-2)10-8-13/h3-11H,1-2H3. The van der Waals surface area contributed by atoms with E-state index in [2.05, 4.69) is 0 Å². The molecule has 3 nitrogen and oxygen atoms in total. The van der Waals surface area contributed by atoms with E-state index in [1.54, 1.807) is 35.9 Å². The van der Waals surface area contributed by atoms with Crippen molar-refractivity contribution in [3.05, 3.63) is 65.9 Å². The fourth-order valence-corrected chi connectivity index (χ4v) is 2.39. The largest absolute Gasteiger partial charge is 0.497 e. The van der Waals surface area contributed by atoms with E-state index in [-0.39, 0.29) is 5.91 Å². The number of para-hydroxylation sites is 1. The highest BCUT2D eigenvalue weighted by Crippen LogP contribution is 2.22. The predicted octanol–water partition coefficient (Wildman–Crippen LogP) is 3.65. The predicted molar refractivity (Wildman–Crippen MR) is 79.4 cm³/mol. The quantitative estimate of drug-likeness (QED) is 0.708. The van der Waals surface area contributed by atoms with Gasteiger partial charge in [-0.25, -0.2) is 0 Å². The monoisotopic (exact) mass is 265 g/mol. The van der Waals surface area contributed by atoms with Crippen LogP contribution in [0.2, 0.25) is 0 Å². The van der Waals surface area contributed by atoms with Gasteiger partial charge in [0.15, 0.2) is 0 Å². The summed E-state index contributed by atoms with van der Waals surface area (Å²) in [7, 11) is 1.61. The Hall–Kier alpha value is -2.55. The average molecular weight is 265 g/mol. The van der Waals surface area contributed by atoms with Crippen molar-refractivity contribution in [2.75, 3.05) is 7.11 Å². The average Bonchev–Trinajstić information content (AvgIpc) is 2.84. The molecule has 0 aliphatic heterocycles. The lowest BCUT2D eigenvalue weighted by atomic mass is 10.2. The number of carbonyl (C=O) groups is 1. The molecule has 0 unspecified atom stereocenters. The van der Waals surface area contributed by atoms with Gasteiger partial charge in [-0.1, -0.05) is 18.2 Å². The maximum atomic E-state index is 12.6. The lowest BCUT2D eigenvalue weighted by molar-refractivity contribution is 0.0965. The van der Waals surface area contributed by atoms with E-state index in [1.165, 1.54) is 0 Å². The maximum Gasteiger partial charge on any atom is 0.262 e. The molecule has 0 atom stereocenters. The zero-order valence-corrected chi connectivity index (χ0v) is 11.5. The fourth-order valence-electron chi connectivity index (χ4n) is 2.39. The summed E-state index contributed by atoms with van der Waals surface area (Å²) in [6.07, 6.45) is 1.89. The summed E-state index contributed by atoms with van der Waals surface area (Å²) >= 11 is 0. The summed E-state index contributed by atoms with van der Waals surface area (Å²) < 4.78 is 6.81. The molecule has 0 fully saturated rings. The first-order chi connectivity index (χ1) is 9.70. The Morgan fingerprint density at radius 1 is 1.05 bits per heavy atom. The van der Waals surface area contributed by atoms with E-state index in [1.807, 2.05) is 37.4 Å². The summed E-state index contributed by atoms with van der Waals surface area (Å²) in [4.78, 5) is 12.6. The third-order valence-corrected chi connectivity index (χ3v) is 3.47. The molecule has 0 spiro atoms. The van der Waals surface area contributed by atoms with Crippen LogP contribution in [0, 0.1) is 6.92 Å². The Balaban J connectivity index is 2.08. The minimum absolute atomic E-state index is 0.0306. The van der Waals surface area contributed by atoms with Crippen molar-refractivity contribution in [3.8, 4) is 5.75 Å². The number of methoxy groups -OCH3 is 1. The second kappa shape index (κ2) is 4.85. The zero-order valence-electron chi connectivity index (χ0n) is 11.5. The molecule has 0 N–H and O–H groups in total. The first kappa shape index (κ1) is 12.5. The molecule has 1 heterocycles. The number of hydrogen-bond donors (Lipinski definition) is 0. The molecule has 20 heavy (non-hydrogen) atoms. The van der Waals surface area contributed by atoms with E-state index >= 15 is 0 Å². The molecule has 1 aromatic heterocycles. The minimum Gasteiger partial charge on any atom is -0.497 e. The Morgan fingerprint density at radius 2 is 1.75 bits per heavy atom. The summed E-state index contributed by atoms with van der Waals surface area (Å²) in [6, 6.07) is 15.1. The van der Waals surface area contributed by atoms with Gasteiger partial charge in [0.25, 0.3) is 5.91 Å². The number of hydrogen-bond acceptors (Lipinski definition) is 2. The second-order valence-electron chi connectivity index (χ2n) is 4.73. The highest BCUT2D eigenvalue weighted by Gasteiger charge is 2.13. The van der Waals surface area contributed by atoms with Crippen LogP contribution in [0.5, 0.6) is 5.75 Å². The summed E-state index contributed by atoms with van der Waals surface area (Å²) in [6.45, 7) is 2.01. The van der Waals surface area contributed by atoms with E-state index in [0.29, 0.717) is 5.56 Å². The Kier molecular flexibility index (Phi) is 3.03. The molecule has 100 valence electrons. The SMILES string of the molecule is COc1ccc(C(=O)n2cc(C)c3ccccc32)cc1. The van der Waals surface area contributed by atoms with Gasteiger partial charge in [0, 0.05) is 17.1 Å². The molecule has 0 aliphatic carbocycles. The smallest absolute Gasteiger partial charge is 0.262 e. The van der Waals surface area contributed by atoms with Crippen molar-refractivity contribution in [2.45, 2.75) is 6.92 Å². The minimum atomic E-state index is -0.0306. The van der Waals surface area contributed by atoms with Gasteiger partial charge in [0.2, 0.25) is 0 Å². The van der Waals surface area contributed by atoms with Crippen LogP contribution in [-0.2, 0) is 0 Å². The molecule has 0 aliphatic rings. The van der Waals surface area contributed by atoms with Crippen LogP contribution in [0.4, 0.5) is 0 Å². The molecule has 0 bridgehead atoms. The van der Waals surface area contributed by atoms with E-state index in [0.717, 1.165) is 22.2 Å². The molecule has 3 rings (SSSR count). The third-order valence-electron chi connectivity index (χ3n) is 3.47. The van der Waals surface area contributed by atoms with Crippen LogP contribution in [-0.4, -0.2) is 17.6 Å². The van der Waals surface area contributed by atoms with Crippen LogP contribution in [0.3, 0.4) is 0 Å². The fraction of sp³-hybridized carbons (Fsp3) is 0.118. The van der Waals surface area contributed by atoms with Gasteiger partial charge in [0.1, 0.15) is 5.75 Å². The number of ether oxygens (including phenoxy) is 1. The van der Waals surface area contributed by atoms with Crippen LogP contribution < -0.4 is 4.74 Å². The Bertz CT molecular complexity index is 769. The number of aromatic nitrogens is 1. The van der Waals surface area contributed by atoms with Gasteiger partial charge in [0.05, 0.1) is 12.6 Å². The van der Waals surface area contributed by atoms with Crippen molar-refractivity contribution in [1.82, 2.24) is 4.57 Å². The number of nitrogens with zero attached hydrogens (tertiary/aromatic N) is 1. The topological polar surface area (TPSA) is 31.2 Å². The highest BCUT2D eigenvalue weighted by molar-refractivity contribution is 6.02.